The Labute approximate surface area is 116 Å². The highest BCUT2D eigenvalue weighted by Gasteiger charge is 2.22. The molecule has 0 amide bonds. The van der Waals surface area contributed by atoms with E-state index in [-0.39, 0.29) is 0 Å². The van der Waals surface area contributed by atoms with E-state index in [9.17, 15) is 4.79 Å². The van der Waals surface area contributed by atoms with E-state index in [0.29, 0.717) is 11.0 Å². The summed E-state index contributed by atoms with van der Waals surface area (Å²) in [7, 11) is 0. The standard InChI is InChI=1S/C16H25NO2/c1-4-16(5-2,6-3)12-17-11-13-7-9-14(10-8-13)15(18)19/h7-10,17H,4-6,11-12H2,1-3H3,(H,18,19). The largest absolute Gasteiger partial charge is 0.478 e. The van der Waals surface area contributed by atoms with Gasteiger partial charge in [0.2, 0.25) is 0 Å². The summed E-state index contributed by atoms with van der Waals surface area (Å²) < 4.78 is 0. The fraction of sp³-hybridized carbons (Fsp3) is 0.562. The molecule has 19 heavy (non-hydrogen) atoms. The number of aromatic carboxylic acids is 1. The zero-order chi connectivity index (χ0) is 14.3. The maximum Gasteiger partial charge on any atom is 0.335 e. The van der Waals surface area contributed by atoms with Crippen LogP contribution in [-0.2, 0) is 6.54 Å². The lowest BCUT2D eigenvalue weighted by Gasteiger charge is -2.30. The molecule has 2 N–H and O–H groups in total. The maximum absolute atomic E-state index is 10.8. The lowest BCUT2D eigenvalue weighted by Crippen LogP contribution is -2.32. The van der Waals surface area contributed by atoms with Gasteiger partial charge in [0.15, 0.2) is 0 Å². The third-order valence-corrected chi connectivity index (χ3v) is 4.28. The van der Waals surface area contributed by atoms with Crippen molar-refractivity contribution in [2.75, 3.05) is 6.54 Å². The molecular weight excluding hydrogens is 238 g/mol. The third-order valence-electron chi connectivity index (χ3n) is 4.28. The van der Waals surface area contributed by atoms with Crippen LogP contribution in [0, 0.1) is 5.41 Å². The fourth-order valence-electron chi connectivity index (χ4n) is 2.36. The van der Waals surface area contributed by atoms with E-state index >= 15 is 0 Å². The van der Waals surface area contributed by atoms with E-state index in [1.165, 1.54) is 19.3 Å². The van der Waals surface area contributed by atoms with Crippen molar-refractivity contribution in [1.82, 2.24) is 5.32 Å². The molecule has 0 radical (unpaired) electrons. The molecule has 0 bridgehead atoms. The minimum atomic E-state index is -0.874. The van der Waals surface area contributed by atoms with E-state index < -0.39 is 5.97 Å². The van der Waals surface area contributed by atoms with Gasteiger partial charge in [-0.2, -0.15) is 0 Å². The fourth-order valence-corrected chi connectivity index (χ4v) is 2.36. The van der Waals surface area contributed by atoms with Crippen LogP contribution in [0.15, 0.2) is 24.3 Å². The van der Waals surface area contributed by atoms with Gasteiger partial charge in [-0.15, -0.1) is 0 Å². The number of carboxylic acid groups (broad SMARTS) is 1. The first-order chi connectivity index (χ1) is 9.06. The smallest absolute Gasteiger partial charge is 0.335 e. The summed E-state index contributed by atoms with van der Waals surface area (Å²) in [5.74, 6) is -0.874. The van der Waals surface area contributed by atoms with Crippen LogP contribution in [0.2, 0.25) is 0 Å². The highest BCUT2D eigenvalue weighted by Crippen LogP contribution is 2.29. The van der Waals surface area contributed by atoms with Gasteiger partial charge in [-0.05, 0) is 42.4 Å². The Balaban J connectivity index is 2.51. The van der Waals surface area contributed by atoms with Gasteiger partial charge < -0.3 is 10.4 Å². The van der Waals surface area contributed by atoms with Gasteiger partial charge >= 0.3 is 5.97 Å². The van der Waals surface area contributed by atoms with Gasteiger partial charge in [-0.3, -0.25) is 0 Å². The van der Waals surface area contributed by atoms with Crippen LogP contribution in [0.25, 0.3) is 0 Å². The highest BCUT2D eigenvalue weighted by molar-refractivity contribution is 5.87. The highest BCUT2D eigenvalue weighted by atomic mass is 16.4. The van der Waals surface area contributed by atoms with Crippen molar-refractivity contribution in [3.8, 4) is 0 Å². The van der Waals surface area contributed by atoms with Crippen molar-refractivity contribution in [2.24, 2.45) is 5.41 Å². The van der Waals surface area contributed by atoms with Crippen LogP contribution in [0.3, 0.4) is 0 Å². The third kappa shape index (κ3) is 4.35. The number of hydrogen-bond donors (Lipinski definition) is 2. The van der Waals surface area contributed by atoms with Gasteiger partial charge in [0.1, 0.15) is 0 Å². The summed E-state index contributed by atoms with van der Waals surface area (Å²) in [4.78, 5) is 10.8. The molecule has 0 aliphatic rings. The summed E-state index contributed by atoms with van der Waals surface area (Å²) >= 11 is 0. The molecule has 0 spiro atoms. The van der Waals surface area contributed by atoms with Gasteiger partial charge in [0, 0.05) is 13.1 Å². The maximum atomic E-state index is 10.8. The second-order valence-corrected chi connectivity index (χ2v) is 5.17. The van der Waals surface area contributed by atoms with Crippen LogP contribution in [0.4, 0.5) is 0 Å². The molecule has 1 aromatic carbocycles. The lowest BCUT2D eigenvalue weighted by atomic mass is 9.80. The number of carbonyl (C=O) groups is 1. The predicted molar refractivity (Wildman–Crippen MR) is 78.4 cm³/mol. The molecule has 1 aromatic rings. The van der Waals surface area contributed by atoms with Crippen LogP contribution in [0.5, 0.6) is 0 Å². The Kier molecular flexibility index (Phi) is 6.03. The number of benzene rings is 1. The molecule has 1 rings (SSSR count). The Morgan fingerprint density at radius 2 is 1.63 bits per heavy atom. The minimum absolute atomic E-state index is 0.341. The molecule has 3 heteroatoms. The number of rotatable bonds is 8. The SMILES string of the molecule is CCC(CC)(CC)CNCc1ccc(C(=O)O)cc1. The van der Waals surface area contributed by atoms with Gasteiger partial charge in [-0.25, -0.2) is 4.79 Å². The van der Waals surface area contributed by atoms with Crippen molar-refractivity contribution in [3.63, 3.8) is 0 Å². The second kappa shape index (κ2) is 7.29. The molecule has 3 nitrogen and oxygen atoms in total. The number of hydrogen-bond acceptors (Lipinski definition) is 2. The number of carboxylic acids is 1. The normalized spacial score (nSPS) is 11.5. The molecule has 106 valence electrons. The lowest BCUT2D eigenvalue weighted by molar-refractivity contribution is 0.0697. The molecule has 0 fully saturated rings. The predicted octanol–water partition coefficient (Wildman–Crippen LogP) is 3.69. The summed E-state index contributed by atoms with van der Waals surface area (Å²) in [5.41, 5.74) is 1.86. The van der Waals surface area contributed by atoms with Crippen molar-refractivity contribution in [3.05, 3.63) is 35.4 Å². The van der Waals surface area contributed by atoms with E-state index in [4.69, 9.17) is 5.11 Å². The topological polar surface area (TPSA) is 49.3 Å². The molecule has 0 saturated carbocycles. The molecule has 0 unspecified atom stereocenters. The van der Waals surface area contributed by atoms with Crippen molar-refractivity contribution >= 4 is 5.97 Å². The number of nitrogens with one attached hydrogen (secondary N) is 1. The van der Waals surface area contributed by atoms with E-state index in [1.807, 2.05) is 12.1 Å². The van der Waals surface area contributed by atoms with Gasteiger partial charge in [0.25, 0.3) is 0 Å². The van der Waals surface area contributed by atoms with E-state index in [1.54, 1.807) is 12.1 Å². The Morgan fingerprint density at radius 1 is 1.11 bits per heavy atom. The molecule has 0 aliphatic heterocycles. The van der Waals surface area contributed by atoms with Crippen LogP contribution >= 0.6 is 0 Å². The van der Waals surface area contributed by atoms with Crippen molar-refractivity contribution in [2.45, 2.75) is 46.6 Å². The monoisotopic (exact) mass is 263 g/mol. The van der Waals surface area contributed by atoms with Gasteiger partial charge in [0.05, 0.1) is 5.56 Å². The summed E-state index contributed by atoms with van der Waals surface area (Å²) in [6.07, 6.45) is 3.56. The van der Waals surface area contributed by atoms with Crippen LogP contribution < -0.4 is 5.32 Å². The Hall–Kier alpha value is -1.35. The molecule has 0 atom stereocenters. The summed E-state index contributed by atoms with van der Waals surface area (Å²) in [5, 5.41) is 12.3. The average molecular weight is 263 g/mol. The molecular formula is C16H25NO2. The Bertz CT molecular complexity index is 385. The zero-order valence-electron chi connectivity index (χ0n) is 12.2. The van der Waals surface area contributed by atoms with E-state index in [0.717, 1.165) is 18.7 Å². The minimum Gasteiger partial charge on any atom is -0.478 e. The molecule has 0 aromatic heterocycles. The van der Waals surface area contributed by atoms with Crippen molar-refractivity contribution in [1.29, 1.82) is 0 Å². The second-order valence-electron chi connectivity index (χ2n) is 5.17. The average Bonchev–Trinajstić information content (AvgIpc) is 2.45. The Morgan fingerprint density at radius 3 is 2.05 bits per heavy atom. The first-order valence-corrected chi connectivity index (χ1v) is 7.10. The van der Waals surface area contributed by atoms with Crippen LogP contribution in [0.1, 0.15) is 56.0 Å². The van der Waals surface area contributed by atoms with E-state index in [2.05, 4.69) is 26.1 Å². The summed E-state index contributed by atoms with van der Waals surface area (Å²) in [6.45, 7) is 8.54. The summed E-state index contributed by atoms with van der Waals surface area (Å²) in [6, 6.07) is 7.07. The first-order valence-electron chi connectivity index (χ1n) is 7.10. The zero-order valence-corrected chi connectivity index (χ0v) is 12.2. The molecule has 0 heterocycles. The quantitative estimate of drug-likeness (QED) is 0.752. The van der Waals surface area contributed by atoms with Gasteiger partial charge in [-0.1, -0.05) is 32.9 Å². The first kappa shape index (κ1) is 15.7. The van der Waals surface area contributed by atoms with Crippen LogP contribution in [-0.4, -0.2) is 17.6 Å². The van der Waals surface area contributed by atoms with Crippen molar-refractivity contribution < 1.29 is 9.90 Å². The molecule has 0 saturated heterocycles. The molecule has 0 aliphatic carbocycles.